The summed E-state index contributed by atoms with van der Waals surface area (Å²) in [7, 11) is 0. The van der Waals surface area contributed by atoms with Gasteiger partial charge in [0.05, 0.1) is 0 Å². The van der Waals surface area contributed by atoms with E-state index in [0.29, 0.717) is 18.9 Å². The Morgan fingerprint density at radius 1 is 0.885 bits per heavy atom. The van der Waals surface area contributed by atoms with Gasteiger partial charge in [0.15, 0.2) is 0 Å². The summed E-state index contributed by atoms with van der Waals surface area (Å²) in [6.07, 6.45) is 5.29. The normalized spacial score (nSPS) is 16.1. The van der Waals surface area contributed by atoms with Gasteiger partial charge < -0.3 is 4.90 Å². The van der Waals surface area contributed by atoms with Crippen molar-refractivity contribution in [3.05, 3.63) is 65.5 Å². The van der Waals surface area contributed by atoms with E-state index in [9.17, 15) is 4.79 Å². The molecule has 0 unspecified atom stereocenters. The average molecular weight is 351 g/mol. The Morgan fingerprint density at radius 3 is 2.23 bits per heavy atom. The van der Waals surface area contributed by atoms with E-state index in [1.807, 2.05) is 17.0 Å². The van der Waals surface area contributed by atoms with Crippen molar-refractivity contribution in [2.24, 2.45) is 5.92 Å². The zero-order valence-electron chi connectivity index (χ0n) is 15.9. The molecule has 1 aromatic carbocycles. The van der Waals surface area contributed by atoms with Crippen LogP contribution in [0.25, 0.3) is 0 Å². The first kappa shape index (κ1) is 18.6. The number of hydrogen-bond donors (Lipinski definition) is 0. The zero-order valence-corrected chi connectivity index (χ0v) is 15.9. The van der Waals surface area contributed by atoms with Crippen LogP contribution in [0.15, 0.2) is 48.8 Å². The van der Waals surface area contributed by atoms with Crippen molar-refractivity contribution in [1.29, 1.82) is 0 Å². The number of hydrogen-bond acceptors (Lipinski definition) is 3. The van der Waals surface area contributed by atoms with Gasteiger partial charge >= 0.3 is 0 Å². The number of carbonyl (C=O) groups excluding carboxylic acids is 1. The number of benzene rings is 1. The van der Waals surface area contributed by atoms with Crippen molar-refractivity contribution in [2.75, 3.05) is 19.6 Å². The van der Waals surface area contributed by atoms with Crippen LogP contribution in [-0.2, 0) is 24.3 Å². The molecular formula is C22H29N3O. The Hall–Kier alpha value is -2.20. The quantitative estimate of drug-likeness (QED) is 0.799. The summed E-state index contributed by atoms with van der Waals surface area (Å²) in [5, 5.41) is 0. The molecule has 0 aliphatic carbocycles. The van der Waals surface area contributed by atoms with Crippen LogP contribution in [-0.4, -0.2) is 40.3 Å². The van der Waals surface area contributed by atoms with Crippen LogP contribution in [0.3, 0.4) is 0 Å². The lowest BCUT2D eigenvalue weighted by atomic mass is 10.0. The fraction of sp³-hybridized carbons (Fsp3) is 0.455. The fourth-order valence-electron chi connectivity index (χ4n) is 3.45. The lowest BCUT2D eigenvalue weighted by Gasteiger charge is -2.22. The maximum Gasteiger partial charge on any atom is 0.224 e. The van der Waals surface area contributed by atoms with Crippen molar-refractivity contribution in [1.82, 2.24) is 14.8 Å². The minimum Gasteiger partial charge on any atom is -0.337 e. The summed E-state index contributed by atoms with van der Waals surface area (Å²) >= 11 is 0. The zero-order chi connectivity index (χ0) is 18.4. The molecule has 4 nitrogen and oxygen atoms in total. The monoisotopic (exact) mass is 351 g/mol. The topological polar surface area (TPSA) is 36.4 Å². The Morgan fingerprint density at radius 2 is 1.54 bits per heavy atom. The minimum absolute atomic E-state index is 0.247. The molecule has 1 saturated heterocycles. The van der Waals surface area contributed by atoms with Gasteiger partial charge in [0.1, 0.15) is 0 Å². The highest BCUT2D eigenvalue weighted by atomic mass is 16.2. The second-order valence-electron chi connectivity index (χ2n) is 7.61. The van der Waals surface area contributed by atoms with Crippen molar-refractivity contribution in [2.45, 2.75) is 39.8 Å². The van der Waals surface area contributed by atoms with Gasteiger partial charge in [-0.25, -0.2) is 0 Å². The first-order chi connectivity index (χ1) is 12.6. The van der Waals surface area contributed by atoms with Gasteiger partial charge in [-0.1, -0.05) is 38.1 Å². The molecule has 0 bridgehead atoms. The molecule has 4 heteroatoms. The molecule has 2 heterocycles. The summed E-state index contributed by atoms with van der Waals surface area (Å²) in [4.78, 5) is 20.9. The number of aromatic nitrogens is 1. The van der Waals surface area contributed by atoms with E-state index in [1.54, 1.807) is 12.4 Å². The van der Waals surface area contributed by atoms with Crippen LogP contribution >= 0.6 is 0 Å². The number of nitrogens with zero attached hydrogens (tertiary/aromatic N) is 3. The number of rotatable bonds is 6. The Balaban J connectivity index is 1.55. The maximum atomic E-state index is 12.4. The molecule has 1 aromatic heterocycles. The van der Waals surface area contributed by atoms with E-state index in [0.717, 1.165) is 38.2 Å². The molecule has 0 saturated carbocycles. The first-order valence-corrected chi connectivity index (χ1v) is 9.57. The lowest BCUT2D eigenvalue weighted by Crippen LogP contribution is -2.32. The van der Waals surface area contributed by atoms with Gasteiger partial charge in [0, 0.05) is 51.5 Å². The third-order valence-corrected chi connectivity index (χ3v) is 4.88. The molecular weight excluding hydrogens is 322 g/mol. The summed E-state index contributed by atoms with van der Waals surface area (Å²) in [6.45, 7) is 8.63. The van der Waals surface area contributed by atoms with E-state index >= 15 is 0 Å². The smallest absolute Gasteiger partial charge is 0.224 e. The standard InChI is InChI=1S/C22H29N3O/c1-18(2)15-19-3-5-20(6-4-19)16-24-12-9-22(26)25(14-13-24)17-21-7-10-23-11-8-21/h3-8,10-11,18H,9,12-17H2,1-2H3. The molecule has 1 aliphatic rings. The molecule has 2 aromatic rings. The van der Waals surface area contributed by atoms with Gasteiger partial charge in [-0.3, -0.25) is 14.7 Å². The van der Waals surface area contributed by atoms with Crippen LogP contribution < -0.4 is 0 Å². The van der Waals surface area contributed by atoms with Gasteiger partial charge in [-0.15, -0.1) is 0 Å². The first-order valence-electron chi connectivity index (χ1n) is 9.57. The van der Waals surface area contributed by atoms with Crippen LogP contribution in [0.1, 0.15) is 37.0 Å². The van der Waals surface area contributed by atoms with Gasteiger partial charge in [0.25, 0.3) is 0 Å². The molecule has 1 fully saturated rings. The highest BCUT2D eigenvalue weighted by molar-refractivity contribution is 5.76. The van der Waals surface area contributed by atoms with E-state index in [2.05, 4.69) is 48.0 Å². The van der Waals surface area contributed by atoms with Crippen molar-refractivity contribution < 1.29 is 4.79 Å². The summed E-state index contributed by atoms with van der Waals surface area (Å²) < 4.78 is 0. The average Bonchev–Trinajstić information content (AvgIpc) is 2.80. The highest BCUT2D eigenvalue weighted by Gasteiger charge is 2.21. The van der Waals surface area contributed by atoms with Crippen LogP contribution in [0.4, 0.5) is 0 Å². The second kappa shape index (κ2) is 8.95. The molecule has 0 atom stereocenters. The van der Waals surface area contributed by atoms with E-state index in [-0.39, 0.29) is 5.91 Å². The summed E-state index contributed by atoms with van der Waals surface area (Å²) in [5.74, 6) is 0.931. The van der Waals surface area contributed by atoms with Crippen LogP contribution in [0.2, 0.25) is 0 Å². The number of carbonyl (C=O) groups is 1. The highest BCUT2D eigenvalue weighted by Crippen LogP contribution is 2.14. The lowest BCUT2D eigenvalue weighted by molar-refractivity contribution is -0.130. The van der Waals surface area contributed by atoms with Crippen molar-refractivity contribution in [3.63, 3.8) is 0 Å². The molecule has 0 radical (unpaired) electrons. The maximum absolute atomic E-state index is 12.4. The summed E-state index contributed by atoms with van der Waals surface area (Å²) in [6, 6.07) is 12.9. The van der Waals surface area contributed by atoms with E-state index < -0.39 is 0 Å². The van der Waals surface area contributed by atoms with Crippen LogP contribution in [0.5, 0.6) is 0 Å². The minimum atomic E-state index is 0.247. The van der Waals surface area contributed by atoms with E-state index in [4.69, 9.17) is 0 Å². The molecule has 1 amide bonds. The Labute approximate surface area is 156 Å². The molecule has 0 spiro atoms. The van der Waals surface area contributed by atoms with Crippen LogP contribution in [0, 0.1) is 5.92 Å². The van der Waals surface area contributed by atoms with E-state index in [1.165, 1.54) is 11.1 Å². The third-order valence-electron chi connectivity index (χ3n) is 4.88. The number of amides is 1. The van der Waals surface area contributed by atoms with Gasteiger partial charge in [0.2, 0.25) is 5.91 Å². The molecule has 138 valence electrons. The van der Waals surface area contributed by atoms with Crippen molar-refractivity contribution in [3.8, 4) is 0 Å². The molecule has 26 heavy (non-hydrogen) atoms. The van der Waals surface area contributed by atoms with Gasteiger partial charge in [-0.2, -0.15) is 0 Å². The summed E-state index contributed by atoms with van der Waals surface area (Å²) in [5.41, 5.74) is 3.87. The third kappa shape index (κ3) is 5.40. The predicted octanol–water partition coefficient (Wildman–Crippen LogP) is 3.51. The fourth-order valence-corrected chi connectivity index (χ4v) is 3.45. The Bertz CT molecular complexity index is 697. The number of pyridine rings is 1. The molecule has 1 aliphatic heterocycles. The predicted molar refractivity (Wildman–Crippen MR) is 105 cm³/mol. The van der Waals surface area contributed by atoms with Gasteiger partial charge in [-0.05, 0) is 41.2 Å². The SMILES string of the molecule is CC(C)Cc1ccc(CN2CCC(=O)N(Cc3ccncc3)CC2)cc1. The molecule has 0 N–H and O–H groups in total. The largest absolute Gasteiger partial charge is 0.337 e. The second-order valence-corrected chi connectivity index (χ2v) is 7.61. The Kier molecular flexibility index (Phi) is 6.40. The van der Waals surface area contributed by atoms with Crippen molar-refractivity contribution >= 4 is 5.91 Å². The molecule has 3 rings (SSSR count).